The van der Waals surface area contributed by atoms with Gasteiger partial charge in [0.05, 0.1) is 25.9 Å². The van der Waals surface area contributed by atoms with E-state index in [1.54, 1.807) is 0 Å². The molecule has 8 heteroatoms. The number of nitrogens with zero attached hydrogens (tertiary/aromatic N) is 2. The van der Waals surface area contributed by atoms with Gasteiger partial charge in [0.25, 0.3) is 0 Å². The van der Waals surface area contributed by atoms with Gasteiger partial charge in [-0.2, -0.15) is 0 Å². The van der Waals surface area contributed by atoms with Crippen molar-refractivity contribution in [1.29, 1.82) is 0 Å². The molecule has 0 aromatic carbocycles. The van der Waals surface area contributed by atoms with E-state index in [2.05, 4.69) is 0 Å². The second-order valence-corrected chi connectivity index (χ2v) is 4.44. The monoisotopic (exact) mass is 276 g/mol. The minimum Gasteiger partial charge on any atom is -0.480 e. The van der Waals surface area contributed by atoms with Crippen molar-refractivity contribution in [3.05, 3.63) is 0 Å². The van der Waals surface area contributed by atoms with Gasteiger partial charge in [0, 0.05) is 26.6 Å². The maximum atomic E-state index is 12.0. The average molecular weight is 276 g/mol. The average Bonchev–Trinajstić information content (AvgIpc) is 2.75. The van der Waals surface area contributed by atoms with E-state index in [1.165, 1.54) is 11.9 Å². The van der Waals surface area contributed by atoms with E-state index in [0.29, 0.717) is 0 Å². The number of carbonyl (C=O) groups excluding carboxylic acids is 1. The summed E-state index contributed by atoms with van der Waals surface area (Å²) in [6.07, 6.45) is -0.750. The van der Waals surface area contributed by atoms with Crippen LogP contribution in [0.1, 0.15) is 6.42 Å². The van der Waals surface area contributed by atoms with Crippen molar-refractivity contribution in [2.75, 3.05) is 40.0 Å². The van der Waals surface area contributed by atoms with E-state index in [-0.39, 0.29) is 39.3 Å². The lowest BCUT2D eigenvalue weighted by Gasteiger charge is -2.27. The molecule has 3 N–H and O–H groups in total. The maximum Gasteiger partial charge on any atom is 0.326 e. The highest BCUT2D eigenvalue weighted by atomic mass is 16.5. The predicted octanol–water partition coefficient (Wildman–Crippen LogP) is -1.43. The molecule has 110 valence electrons. The standard InChI is InChI=1S/C11H20N2O6/c1-12(2-4-19-5-3-14)11(18)13-7-8(15)6-9(13)10(16)17/h8-9,14-15H,2-7H2,1H3,(H,16,17). The summed E-state index contributed by atoms with van der Waals surface area (Å²) in [6, 6.07) is -1.43. The highest BCUT2D eigenvalue weighted by Crippen LogP contribution is 2.19. The zero-order valence-electron chi connectivity index (χ0n) is 10.9. The van der Waals surface area contributed by atoms with Gasteiger partial charge in [0.15, 0.2) is 0 Å². The Bertz CT molecular complexity index is 324. The second-order valence-electron chi connectivity index (χ2n) is 4.44. The quantitative estimate of drug-likeness (QED) is 0.513. The fourth-order valence-electron chi connectivity index (χ4n) is 1.94. The van der Waals surface area contributed by atoms with Crippen LogP contribution < -0.4 is 0 Å². The molecule has 0 bridgehead atoms. The summed E-state index contributed by atoms with van der Waals surface area (Å²) in [7, 11) is 1.54. The molecule has 1 saturated heterocycles. The number of hydrogen-bond acceptors (Lipinski definition) is 5. The number of aliphatic carboxylic acids is 1. The number of likely N-dealkylation sites (tertiary alicyclic amines) is 1. The van der Waals surface area contributed by atoms with Crippen molar-refractivity contribution >= 4 is 12.0 Å². The van der Waals surface area contributed by atoms with Crippen LogP contribution in [-0.4, -0.2) is 89.2 Å². The molecule has 1 aliphatic heterocycles. The molecular formula is C11H20N2O6. The number of β-amino-alcohol motifs (C(OH)–C–C–N with tert-alkyl or cyclic N) is 1. The first-order chi connectivity index (χ1) is 8.97. The van der Waals surface area contributed by atoms with Gasteiger partial charge in [0.2, 0.25) is 0 Å². The number of hydrogen-bond donors (Lipinski definition) is 3. The van der Waals surface area contributed by atoms with E-state index in [4.69, 9.17) is 14.9 Å². The molecule has 0 radical (unpaired) electrons. The molecule has 1 rings (SSSR count). The summed E-state index contributed by atoms with van der Waals surface area (Å²) in [5.74, 6) is -1.12. The van der Waals surface area contributed by atoms with Crippen LogP contribution in [-0.2, 0) is 9.53 Å². The summed E-state index contributed by atoms with van der Waals surface area (Å²) in [5.41, 5.74) is 0. The van der Waals surface area contributed by atoms with Crippen LogP contribution in [0.2, 0.25) is 0 Å². The topological polar surface area (TPSA) is 111 Å². The van der Waals surface area contributed by atoms with E-state index < -0.39 is 24.1 Å². The molecule has 1 heterocycles. The zero-order valence-corrected chi connectivity index (χ0v) is 10.9. The van der Waals surface area contributed by atoms with E-state index >= 15 is 0 Å². The minimum atomic E-state index is -1.12. The Labute approximate surface area is 111 Å². The van der Waals surface area contributed by atoms with Gasteiger partial charge in [0.1, 0.15) is 6.04 Å². The van der Waals surface area contributed by atoms with Crippen LogP contribution >= 0.6 is 0 Å². The van der Waals surface area contributed by atoms with Gasteiger partial charge in [-0.25, -0.2) is 9.59 Å². The lowest BCUT2D eigenvalue weighted by Crippen LogP contribution is -2.47. The van der Waals surface area contributed by atoms with E-state index in [0.717, 1.165) is 4.90 Å². The van der Waals surface area contributed by atoms with Gasteiger partial charge in [-0.3, -0.25) is 0 Å². The molecule has 8 nitrogen and oxygen atoms in total. The highest BCUT2D eigenvalue weighted by Gasteiger charge is 2.39. The molecule has 2 amide bonds. The number of aliphatic hydroxyl groups excluding tert-OH is 2. The Morgan fingerprint density at radius 2 is 2.11 bits per heavy atom. The van der Waals surface area contributed by atoms with Crippen LogP contribution in [0.5, 0.6) is 0 Å². The third kappa shape index (κ3) is 4.34. The number of amides is 2. The number of ether oxygens (including phenoxy) is 1. The first kappa shape index (κ1) is 15.7. The van der Waals surface area contributed by atoms with Gasteiger partial charge in [-0.05, 0) is 0 Å². The van der Waals surface area contributed by atoms with Gasteiger partial charge in [-0.1, -0.05) is 0 Å². The maximum absolute atomic E-state index is 12.0. The third-order valence-corrected chi connectivity index (χ3v) is 2.94. The van der Waals surface area contributed by atoms with Crippen LogP contribution in [0.25, 0.3) is 0 Å². The first-order valence-electron chi connectivity index (χ1n) is 6.08. The molecule has 2 unspecified atom stereocenters. The molecule has 0 aromatic heterocycles. The lowest BCUT2D eigenvalue weighted by molar-refractivity contribution is -0.141. The first-order valence-corrected chi connectivity index (χ1v) is 6.08. The molecule has 1 aliphatic rings. The smallest absolute Gasteiger partial charge is 0.326 e. The number of aliphatic hydroxyl groups is 2. The van der Waals surface area contributed by atoms with Gasteiger partial charge in [-0.15, -0.1) is 0 Å². The number of carboxylic acids is 1. The van der Waals surface area contributed by atoms with Crippen LogP contribution in [0, 0.1) is 0 Å². The Morgan fingerprint density at radius 1 is 1.42 bits per heavy atom. The third-order valence-electron chi connectivity index (χ3n) is 2.94. The summed E-state index contributed by atoms with van der Waals surface area (Å²) in [5, 5.41) is 27.0. The zero-order chi connectivity index (χ0) is 14.4. The minimum absolute atomic E-state index is 0.0254. The molecule has 2 atom stereocenters. The molecular weight excluding hydrogens is 256 g/mol. The normalized spacial score (nSPS) is 22.6. The van der Waals surface area contributed by atoms with Crippen LogP contribution in [0.15, 0.2) is 0 Å². The SMILES string of the molecule is CN(CCOCCO)C(=O)N1CC(O)CC1C(=O)O. The largest absolute Gasteiger partial charge is 0.480 e. The van der Waals surface area contributed by atoms with Crippen molar-refractivity contribution in [2.45, 2.75) is 18.6 Å². The summed E-state index contributed by atoms with van der Waals surface area (Å²) < 4.78 is 5.03. The molecule has 0 aromatic rings. The molecule has 0 aliphatic carbocycles. The van der Waals surface area contributed by atoms with Crippen molar-refractivity contribution in [2.24, 2.45) is 0 Å². The predicted molar refractivity (Wildman–Crippen MR) is 64.7 cm³/mol. The Hall–Kier alpha value is -1.38. The summed E-state index contributed by atoms with van der Waals surface area (Å²) >= 11 is 0. The molecule has 0 spiro atoms. The Balaban J connectivity index is 2.48. The molecule has 19 heavy (non-hydrogen) atoms. The fraction of sp³-hybridized carbons (Fsp3) is 0.818. The van der Waals surface area contributed by atoms with E-state index in [9.17, 15) is 14.7 Å². The van der Waals surface area contributed by atoms with Crippen LogP contribution in [0.4, 0.5) is 4.79 Å². The number of likely N-dealkylation sites (N-methyl/N-ethyl adjacent to an activating group) is 1. The lowest BCUT2D eigenvalue weighted by atomic mass is 10.2. The number of carbonyl (C=O) groups is 2. The van der Waals surface area contributed by atoms with Gasteiger partial charge < -0.3 is 29.9 Å². The van der Waals surface area contributed by atoms with Crippen LogP contribution in [0.3, 0.4) is 0 Å². The Kier molecular flexibility index (Phi) is 6.00. The van der Waals surface area contributed by atoms with Crippen molar-refractivity contribution in [1.82, 2.24) is 9.80 Å². The summed E-state index contributed by atoms with van der Waals surface area (Å²) in [4.78, 5) is 25.5. The fourth-order valence-corrected chi connectivity index (χ4v) is 1.94. The summed E-state index contributed by atoms with van der Waals surface area (Å²) in [6.45, 7) is 0.686. The van der Waals surface area contributed by atoms with Crippen molar-refractivity contribution < 1.29 is 29.6 Å². The number of rotatable bonds is 6. The van der Waals surface area contributed by atoms with Crippen molar-refractivity contribution in [3.63, 3.8) is 0 Å². The Morgan fingerprint density at radius 3 is 2.68 bits per heavy atom. The highest BCUT2D eigenvalue weighted by molar-refractivity contribution is 5.83. The van der Waals surface area contributed by atoms with Gasteiger partial charge >= 0.3 is 12.0 Å². The number of carboxylic acid groups (broad SMARTS) is 1. The van der Waals surface area contributed by atoms with E-state index in [1.807, 2.05) is 0 Å². The van der Waals surface area contributed by atoms with Crippen molar-refractivity contribution in [3.8, 4) is 0 Å². The number of urea groups is 1. The molecule has 1 fully saturated rings. The molecule has 0 saturated carbocycles. The second kappa shape index (κ2) is 7.27.